The molecular weight excluding hydrogens is 310 g/mol. The average molecular weight is 329 g/mol. The lowest BCUT2D eigenvalue weighted by Gasteiger charge is -2.07. The average Bonchev–Trinajstić information content (AvgIpc) is 2.60. The lowest BCUT2D eigenvalue weighted by atomic mass is 10.1. The van der Waals surface area contributed by atoms with Crippen molar-refractivity contribution in [2.45, 2.75) is 6.42 Å². The molecule has 0 atom stereocenters. The zero-order chi connectivity index (χ0) is 16.5. The molecule has 0 spiro atoms. The Kier molecular flexibility index (Phi) is 6.69. The SMILES string of the molecule is COC(=O)CSCCC(=O)Nc1ccc(-c2ccccc2)cc1. The van der Waals surface area contributed by atoms with Gasteiger partial charge >= 0.3 is 5.97 Å². The maximum absolute atomic E-state index is 11.8. The van der Waals surface area contributed by atoms with Crippen molar-refractivity contribution in [3.8, 4) is 11.1 Å². The van der Waals surface area contributed by atoms with Crippen molar-refractivity contribution in [2.24, 2.45) is 0 Å². The number of nitrogens with one attached hydrogen (secondary N) is 1. The Hall–Kier alpha value is -2.27. The van der Waals surface area contributed by atoms with Crippen LogP contribution < -0.4 is 5.32 Å². The van der Waals surface area contributed by atoms with E-state index < -0.39 is 0 Å². The fourth-order valence-corrected chi connectivity index (χ4v) is 2.74. The van der Waals surface area contributed by atoms with Gasteiger partial charge in [0.1, 0.15) is 0 Å². The Bertz CT molecular complexity index is 641. The maximum atomic E-state index is 11.8. The first kappa shape index (κ1) is 17.1. The number of anilines is 1. The second kappa shape index (κ2) is 9.00. The summed E-state index contributed by atoms with van der Waals surface area (Å²) in [6, 6.07) is 17.8. The Morgan fingerprint density at radius 2 is 1.65 bits per heavy atom. The zero-order valence-corrected chi connectivity index (χ0v) is 13.8. The predicted octanol–water partition coefficient (Wildman–Crippen LogP) is 3.59. The highest BCUT2D eigenvalue weighted by Crippen LogP contribution is 2.21. The minimum absolute atomic E-state index is 0.0603. The standard InChI is InChI=1S/C18H19NO3S/c1-22-18(21)13-23-12-11-17(20)19-16-9-7-15(8-10-16)14-5-3-2-4-6-14/h2-10H,11-13H2,1H3,(H,19,20). The first-order valence-corrected chi connectivity index (χ1v) is 8.44. The Morgan fingerprint density at radius 1 is 1.00 bits per heavy atom. The monoisotopic (exact) mass is 329 g/mol. The summed E-state index contributed by atoms with van der Waals surface area (Å²) in [5.74, 6) is 0.528. The van der Waals surface area contributed by atoms with E-state index in [9.17, 15) is 9.59 Å². The summed E-state index contributed by atoms with van der Waals surface area (Å²) in [6.45, 7) is 0. The number of esters is 1. The topological polar surface area (TPSA) is 55.4 Å². The maximum Gasteiger partial charge on any atom is 0.315 e. The summed E-state index contributed by atoms with van der Waals surface area (Å²) in [4.78, 5) is 22.8. The second-order valence-electron chi connectivity index (χ2n) is 4.87. The molecule has 0 saturated carbocycles. The van der Waals surface area contributed by atoms with Crippen molar-refractivity contribution < 1.29 is 14.3 Å². The minimum atomic E-state index is -0.271. The van der Waals surface area contributed by atoms with Gasteiger partial charge in [-0.3, -0.25) is 9.59 Å². The molecule has 0 fully saturated rings. The highest BCUT2D eigenvalue weighted by atomic mass is 32.2. The summed E-state index contributed by atoms with van der Waals surface area (Å²) in [5.41, 5.74) is 3.02. The van der Waals surface area contributed by atoms with Gasteiger partial charge in [0.15, 0.2) is 0 Å². The molecule has 2 aromatic rings. The van der Waals surface area contributed by atoms with Crippen LogP contribution in [0.1, 0.15) is 6.42 Å². The van der Waals surface area contributed by atoms with Gasteiger partial charge in [-0.1, -0.05) is 42.5 Å². The molecule has 1 amide bonds. The molecule has 4 nitrogen and oxygen atoms in total. The van der Waals surface area contributed by atoms with Gasteiger partial charge < -0.3 is 10.1 Å². The van der Waals surface area contributed by atoms with Crippen molar-refractivity contribution in [1.29, 1.82) is 0 Å². The van der Waals surface area contributed by atoms with Crippen molar-refractivity contribution in [3.63, 3.8) is 0 Å². The Labute approximate surface area is 140 Å². The highest BCUT2D eigenvalue weighted by molar-refractivity contribution is 7.99. The number of ether oxygens (including phenoxy) is 1. The molecule has 0 bridgehead atoms. The molecule has 0 radical (unpaired) electrons. The predicted molar refractivity (Wildman–Crippen MR) is 94.5 cm³/mol. The summed E-state index contributed by atoms with van der Waals surface area (Å²) < 4.78 is 4.54. The third kappa shape index (κ3) is 5.79. The van der Waals surface area contributed by atoms with Crippen LogP contribution in [-0.2, 0) is 14.3 Å². The molecule has 2 rings (SSSR count). The van der Waals surface area contributed by atoms with E-state index in [1.807, 2.05) is 54.6 Å². The summed E-state index contributed by atoms with van der Waals surface area (Å²) in [5, 5.41) is 2.85. The number of rotatable bonds is 7. The van der Waals surface area contributed by atoms with E-state index in [1.54, 1.807) is 0 Å². The highest BCUT2D eigenvalue weighted by Gasteiger charge is 2.05. The van der Waals surface area contributed by atoms with Crippen LogP contribution in [0.5, 0.6) is 0 Å². The number of methoxy groups -OCH3 is 1. The van der Waals surface area contributed by atoms with E-state index in [2.05, 4.69) is 10.1 Å². The van der Waals surface area contributed by atoms with E-state index in [-0.39, 0.29) is 17.6 Å². The summed E-state index contributed by atoms with van der Waals surface area (Å²) >= 11 is 1.39. The number of carbonyl (C=O) groups is 2. The third-order valence-corrected chi connectivity index (χ3v) is 4.13. The van der Waals surface area contributed by atoms with Crippen LogP contribution in [0.3, 0.4) is 0 Å². The van der Waals surface area contributed by atoms with Crippen LogP contribution in [0.25, 0.3) is 11.1 Å². The van der Waals surface area contributed by atoms with Gasteiger partial charge in [0, 0.05) is 17.9 Å². The lowest BCUT2D eigenvalue weighted by molar-refractivity contribution is -0.137. The molecule has 0 heterocycles. The molecule has 5 heteroatoms. The lowest BCUT2D eigenvalue weighted by Crippen LogP contribution is -2.13. The van der Waals surface area contributed by atoms with E-state index >= 15 is 0 Å². The number of hydrogen-bond donors (Lipinski definition) is 1. The van der Waals surface area contributed by atoms with E-state index in [1.165, 1.54) is 18.9 Å². The number of benzene rings is 2. The quantitative estimate of drug-likeness (QED) is 0.623. The number of amides is 1. The van der Waals surface area contributed by atoms with E-state index in [4.69, 9.17) is 0 Å². The van der Waals surface area contributed by atoms with Gasteiger partial charge in [-0.15, -0.1) is 11.8 Å². The van der Waals surface area contributed by atoms with E-state index in [0.717, 1.165) is 16.8 Å². The van der Waals surface area contributed by atoms with Crippen molar-refractivity contribution >= 4 is 29.3 Å². The largest absolute Gasteiger partial charge is 0.468 e. The van der Waals surface area contributed by atoms with Gasteiger partial charge in [-0.2, -0.15) is 0 Å². The van der Waals surface area contributed by atoms with E-state index in [0.29, 0.717) is 12.2 Å². The third-order valence-electron chi connectivity index (χ3n) is 3.20. The molecule has 0 aliphatic carbocycles. The number of hydrogen-bond acceptors (Lipinski definition) is 4. The van der Waals surface area contributed by atoms with Crippen molar-refractivity contribution in [3.05, 3.63) is 54.6 Å². The van der Waals surface area contributed by atoms with Gasteiger partial charge in [0.25, 0.3) is 0 Å². The fraction of sp³-hybridized carbons (Fsp3) is 0.222. The van der Waals surface area contributed by atoms with Gasteiger partial charge in [-0.25, -0.2) is 0 Å². The molecule has 1 N–H and O–H groups in total. The van der Waals surface area contributed by atoms with Crippen LogP contribution in [0, 0.1) is 0 Å². The molecule has 120 valence electrons. The zero-order valence-electron chi connectivity index (χ0n) is 13.0. The second-order valence-corrected chi connectivity index (χ2v) is 5.98. The number of carbonyl (C=O) groups excluding carboxylic acids is 2. The Balaban J connectivity index is 1.79. The molecule has 0 saturated heterocycles. The van der Waals surface area contributed by atoms with Gasteiger partial charge in [0.2, 0.25) is 5.91 Å². The summed E-state index contributed by atoms with van der Waals surface area (Å²) in [7, 11) is 1.36. The smallest absolute Gasteiger partial charge is 0.315 e. The normalized spacial score (nSPS) is 10.1. The molecule has 23 heavy (non-hydrogen) atoms. The van der Waals surface area contributed by atoms with Crippen LogP contribution >= 0.6 is 11.8 Å². The number of thioether (sulfide) groups is 1. The van der Waals surface area contributed by atoms with Crippen molar-refractivity contribution in [2.75, 3.05) is 23.9 Å². The molecule has 2 aromatic carbocycles. The first-order valence-electron chi connectivity index (χ1n) is 7.29. The molecular formula is C18H19NO3S. The summed E-state index contributed by atoms with van der Waals surface area (Å²) in [6.07, 6.45) is 0.363. The first-order chi connectivity index (χ1) is 11.2. The molecule has 0 aliphatic rings. The van der Waals surface area contributed by atoms with Crippen LogP contribution in [-0.4, -0.2) is 30.5 Å². The molecule has 0 aliphatic heterocycles. The van der Waals surface area contributed by atoms with Crippen LogP contribution in [0.2, 0.25) is 0 Å². The Morgan fingerprint density at radius 3 is 2.30 bits per heavy atom. The van der Waals surface area contributed by atoms with Gasteiger partial charge in [0.05, 0.1) is 12.9 Å². The van der Waals surface area contributed by atoms with Crippen molar-refractivity contribution in [1.82, 2.24) is 0 Å². The minimum Gasteiger partial charge on any atom is -0.468 e. The molecule has 0 unspecified atom stereocenters. The van der Waals surface area contributed by atoms with Gasteiger partial charge in [-0.05, 0) is 23.3 Å². The van der Waals surface area contributed by atoms with Crippen LogP contribution in [0.4, 0.5) is 5.69 Å². The fourth-order valence-electron chi connectivity index (χ4n) is 1.98. The van der Waals surface area contributed by atoms with Crippen LogP contribution in [0.15, 0.2) is 54.6 Å². The molecule has 0 aromatic heterocycles.